The molecule has 4 heteroatoms. The van der Waals surface area contributed by atoms with Crippen molar-refractivity contribution < 1.29 is 9.72 Å². The Morgan fingerprint density at radius 1 is 0.926 bits per heavy atom. The maximum atomic E-state index is 9.76. The van der Waals surface area contributed by atoms with Gasteiger partial charge in [-0.3, -0.25) is 5.73 Å². The minimum absolute atomic E-state index is 0.447. The predicted molar refractivity (Wildman–Crippen MR) is 105 cm³/mol. The zero-order valence-electron chi connectivity index (χ0n) is 15.2. The average molecular weight is 356 g/mol. The van der Waals surface area contributed by atoms with E-state index in [1.807, 2.05) is 54.6 Å². The molecule has 0 unspecified atom stereocenters. The Morgan fingerprint density at radius 3 is 2.52 bits per heavy atom. The zero-order valence-corrected chi connectivity index (χ0v) is 15.2. The SMILES string of the molecule is N#Cc1c(N)[nH+]c2c(c1-c1cccc(Oc3ccccc3)c1)CCCCC2. The summed E-state index contributed by atoms with van der Waals surface area (Å²) in [6.45, 7) is 0. The van der Waals surface area contributed by atoms with Crippen molar-refractivity contribution in [3.8, 4) is 28.7 Å². The first-order valence-corrected chi connectivity index (χ1v) is 9.36. The lowest BCUT2D eigenvalue weighted by Crippen LogP contribution is -2.21. The van der Waals surface area contributed by atoms with Crippen LogP contribution in [-0.4, -0.2) is 0 Å². The van der Waals surface area contributed by atoms with Crippen LogP contribution in [0.2, 0.25) is 0 Å². The molecule has 4 rings (SSSR count). The number of para-hydroxylation sites is 1. The maximum Gasteiger partial charge on any atom is 0.289 e. The van der Waals surface area contributed by atoms with Crippen LogP contribution in [0.5, 0.6) is 11.5 Å². The minimum Gasteiger partial charge on any atom is -0.457 e. The molecule has 4 nitrogen and oxygen atoms in total. The molecule has 0 saturated carbocycles. The lowest BCUT2D eigenvalue weighted by molar-refractivity contribution is -0.373. The number of rotatable bonds is 3. The van der Waals surface area contributed by atoms with Gasteiger partial charge in [0.05, 0.1) is 0 Å². The second kappa shape index (κ2) is 7.51. The first kappa shape index (κ1) is 17.1. The van der Waals surface area contributed by atoms with E-state index in [-0.39, 0.29) is 0 Å². The van der Waals surface area contributed by atoms with E-state index < -0.39 is 0 Å². The molecule has 0 spiro atoms. The van der Waals surface area contributed by atoms with Gasteiger partial charge in [-0.1, -0.05) is 36.8 Å². The highest BCUT2D eigenvalue weighted by molar-refractivity contribution is 5.78. The summed E-state index contributed by atoms with van der Waals surface area (Å²) in [7, 11) is 0. The normalized spacial score (nSPS) is 13.3. The van der Waals surface area contributed by atoms with Gasteiger partial charge in [-0.05, 0) is 49.1 Å². The number of H-pyrrole nitrogens is 1. The monoisotopic (exact) mass is 356 g/mol. The number of nitrogens with zero attached hydrogens (tertiary/aromatic N) is 1. The summed E-state index contributed by atoms with van der Waals surface area (Å²) in [5.74, 6) is 1.98. The number of hydrogen-bond donors (Lipinski definition) is 1. The number of ether oxygens (including phenoxy) is 1. The Balaban J connectivity index is 1.82. The molecule has 0 radical (unpaired) electrons. The number of nitrogens with two attached hydrogens (primary N) is 1. The van der Waals surface area contributed by atoms with Gasteiger partial charge in [0.15, 0.2) is 0 Å². The second-order valence-corrected chi connectivity index (χ2v) is 6.86. The van der Waals surface area contributed by atoms with E-state index in [0.29, 0.717) is 11.4 Å². The van der Waals surface area contributed by atoms with Crippen molar-refractivity contribution in [1.82, 2.24) is 0 Å². The summed E-state index contributed by atoms with van der Waals surface area (Å²) in [6.07, 6.45) is 5.40. The topological polar surface area (TPSA) is 73.2 Å². The highest BCUT2D eigenvalue weighted by atomic mass is 16.5. The van der Waals surface area contributed by atoms with Crippen LogP contribution in [0.3, 0.4) is 0 Å². The summed E-state index contributed by atoms with van der Waals surface area (Å²) in [5.41, 5.74) is 11.0. The van der Waals surface area contributed by atoms with E-state index >= 15 is 0 Å². The summed E-state index contributed by atoms with van der Waals surface area (Å²) < 4.78 is 5.99. The number of nitrogen functional groups attached to an aromatic ring is 1. The standard InChI is InChI=1S/C23H21N3O/c24-15-20-22(19-12-5-2-6-13-21(19)26-23(20)25)16-8-7-11-18(14-16)27-17-9-3-1-4-10-17/h1,3-4,7-11,14H,2,5-6,12-13H2,(H2,25,26)/p+1. The third kappa shape index (κ3) is 3.50. The van der Waals surface area contributed by atoms with Gasteiger partial charge in [-0.15, -0.1) is 0 Å². The van der Waals surface area contributed by atoms with E-state index in [4.69, 9.17) is 10.5 Å². The van der Waals surface area contributed by atoms with Gasteiger partial charge in [-0.25, -0.2) is 4.98 Å². The van der Waals surface area contributed by atoms with Crippen LogP contribution >= 0.6 is 0 Å². The number of aromatic amines is 1. The van der Waals surface area contributed by atoms with Crippen LogP contribution in [0.1, 0.15) is 36.1 Å². The molecule has 27 heavy (non-hydrogen) atoms. The van der Waals surface area contributed by atoms with Gasteiger partial charge in [0, 0.05) is 17.5 Å². The van der Waals surface area contributed by atoms with Crippen molar-refractivity contribution in [3.63, 3.8) is 0 Å². The maximum absolute atomic E-state index is 9.76. The van der Waals surface area contributed by atoms with Crippen molar-refractivity contribution in [3.05, 3.63) is 71.4 Å². The first-order valence-electron chi connectivity index (χ1n) is 9.36. The van der Waals surface area contributed by atoms with Crippen molar-refractivity contribution in [2.45, 2.75) is 32.1 Å². The van der Waals surface area contributed by atoms with Crippen LogP contribution in [0.4, 0.5) is 5.82 Å². The van der Waals surface area contributed by atoms with Gasteiger partial charge in [0.2, 0.25) is 0 Å². The molecule has 1 aliphatic carbocycles. The van der Waals surface area contributed by atoms with Gasteiger partial charge >= 0.3 is 0 Å². The van der Waals surface area contributed by atoms with E-state index in [1.165, 1.54) is 12.0 Å². The number of nitriles is 1. The van der Waals surface area contributed by atoms with E-state index in [0.717, 1.165) is 54.0 Å². The fraction of sp³-hybridized carbons (Fsp3) is 0.217. The van der Waals surface area contributed by atoms with Crippen LogP contribution in [-0.2, 0) is 12.8 Å². The summed E-state index contributed by atoms with van der Waals surface area (Å²) in [6, 6.07) is 19.9. The summed E-state index contributed by atoms with van der Waals surface area (Å²) in [4.78, 5) is 3.28. The molecule has 1 aliphatic rings. The Kier molecular flexibility index (Phi) is 4.76. The van der Waals surface area contributed by atoms with Crippen molar-refractivity contribution >= 4 is 5.82 Å². The second-order valence-electron chi connectivity index (χ2n) is 6.86. The molecular weight excluding hydrogens is 334 g/mol. The number of aromatic nitrogens is 1. The molecule has 0 atom stereocenters. The van der Waals surface area contributed by atoms with Crippen LogP contribution in [0, 0.1) is 11.3 Å². The Bertz CT molecular complexity index is 1010. The molecule has 1 heterocycles. The Hall–Kier alpha value is -3.32. The van der Waals surface area contributed by atoms with Crippen LogP contribution in [0.15, 0.2) is 54.6 Å². The van der Waals surface area contributed by atoms with Crippen molar-refractivity contribution in [1.29, 1.82) is 5.26 Å². The summed E-state index contributed by atoms with van der Waals surface area (Å²) >= 11 is 0. The molecule has 0 bridgehead atoms. The molecule has 1 aromatic heterocycles. The number of benzene rings is 2. The number of nitrogens with one attached hydrogen (secondary N) is 1. The van der Waals surface area contributed by atoms with E-state index in [1.54, 1.807) is 0 Å². The van der Waals surface area contributed by atoms with Gasteiger partial charge in [-0.2, -0.15) is 5.26 Å². The average Bonchev–Trinajstić information content (AvgIpc) is 2.93. The Labute approximate surface area is 159 Å². The molecule has 0 saturated heterocycles. The molecule has 0 fully saturated rings. The molecule has 3 N–H and O–H groups in total. The number of pyridine rings is 1. The molecule has 0 amide bonds. The summed E-state index contributed by atoms with van der Waals surface area (Å²) in [5, 5.41) is 9.76. The minimum atomic E-state index is 0.447. The van der Waals surface area contributed by atoms with E-state index in [9.17, 15) is 5.26 Å². The molecule has 3 aromatic rings. The van der Waals surface area contributed by atoms with Crippen molar-refractivity contribution in [2.24, 2.45) is 0 Å². The largest absolute Gasteiger partial charge is 0.457 e. The lowest BCUT2D eigenvalue weighted by atomic mass is 9.91. The fourth-order valence-electron chi connectivity index (χ4n) is 3.78. The molecule has 0 aliphatic heterocycles. The van der Waals surface area contributed by atoms with Crippen LogP contribution < -0.4 is 15.5 Å². The quantitative estimate of drug-likeness (QED) is 0.692. The van der Waals surface area contributed by atoms with Crippen LogP contribution in [0.25, 0.3) is 11.1 Å². The van der Waals surface area contributed by atoms with E-state index in [2.05, 4.69) is 11.1 Å². The highest BCUT2D eigenvalue weighted by Gasteiger charge is 2.24. The number of fused-ring (bicyclic) bond motifs is 1. The highest BCUT2D eigenvalue weighted by Crippen LogP contribution is 2.35. The van der Waals surface area contributed by atoms with Crippen molar-refractivity contribution in [2.75, 3.05) is 5.73 Å². The zero-order chi connectivity index (χ0) is 18.6. The number of hydrogen-bond acceptors (Lipinski definition) is 3. The molecule has 134 valence electrons. The number of anilines is 1. The third-order valence-electron chi connectivity index (χ3n) is 5.04. The lowest BCUT2D eigenvalue weighted by Gasteiger charge is -2.14. The molecular formula is C23H22N3O+. The van der Waals surface area contributed by atoms with Gasteiger partial charge in [0.1, 0.15) is 28.8 Å². The van der Waals surface area contributed by atoms with Gasteiger partial charge in [0.25, 0.3) is 5.82 Å². The predicted octanol–water partition coefficient (Wildman–Crippen LogP) is 4.68. The van der Waals surface area contributed by atoms with Gasteiger partial charge < -0.3 is 4.74 Å². The molecule has 2 aromatic carbocycles. The first-order chi connectivity index (χ1) is 13.3. The number of aryl methyl sites for hydroxylation is 1. The third-order valence-corrected chi connectivity index (χ3v) is 5.04. The Morgan fingerprint density at radius 2 is 1.70 bits per heavy atom. The fourth-order valence-corrected chi connectivity index (χ4v) is 3.78. The smallest absolute Gasteiger partial charge is 0.289 e.